The van der Waals surface area contributed by atoms with E-state index in [1.165, 1.54) is 0 Å². The molecule has 0 aliphatic carbocycles. The normalized spacial score (nSPS) is 20.8. The maximum atomic E-state index is 10.4. The highest BCUT2D eigenvalue weighted by atomic mass is 16.5. The van der Waals surface area contributed by atoms with Gasteiger partial charge in [0.05, 0.1) is 18.9 Å². The number of aliphatic hydroxyl groups excluding tert-OH is 1. The van der Waals surface area contributed by atoms with Crippen molar-refractivity contribution in [1.29, 1.82) is 0 Å². The number of nitrogens with zero attached hydrogens (tertiary/aromatic N) is 2. The van der Waals surface area contributed by atoms with Crippen molar-refractivity contribution in [1.82, 2.24) is 9.78 Å². The topological polar surface area (TPSA) is 56.5 Å². The molecule has 1 unspecified atom stereocenters. The molecule has 112 valence electrons. The second kappa shape index (κ2) is 5.41. The van der Waals surface area contributed by atoms with Gasteiger partial charge < -0.3 is 14.6 Å². The summed E-state index contributed by atoms with van der Waals surface area (Å²) in [5, 5.41) is 14.8. The third-order valence-electron chi connectivity index (χ3n) is 3.91. The third-order valence-corrected chi connectivity index (χ3v) is 3.91. The van der Waals surface area contributed by atoms with Crippen LogP contribution in [0.4, 0.5) is 0 Å². The quantitative estimate of drug-likeness (QED) is 0.943. The van der Waals surface area contributed by atoms with Crippen molar-refractivity contribution in [2.45, 2.75) is 32.0 Å². The highest BCUT2D eigenvalue weighted by molar-refractivity contribution is 5.44. The molecular formula is C16H20N2O3. The van der Waals surface area contributed by atoms with Crippen LogP contribution in [-0.2, 0) is 13.5 Å². The Morgan fingerprint density at radius 3 is 2.95 bits per heavy atom. The number of hydrogen-bond donors (Lipinski definition) is 1. The van der Waals surface area contributed by atoms with Gasteiger partial charge in [0.15, 0.2) is 0 Å². The predicted molar refractivity (Wildman–Crippen MR) is 78.5 cm³/mol. The molecule has 1 aliphatic heterocycles. The summed E-state index contributed by atoms with van der Waals surface area (Å²) < 4.78 is 13.1. The van der Waals surface area contributed by atoms with Crippen LogP contribution in [0.3, 0.4) is 0 Å². The van der Waals surface area contributed by atoms with Crippen molar-refractivity contribution >= 4 is 0 Å². The lowest BCUT2D eigenvalue weighted by Gasteiger charge is -2.29. The van der Waals surface area contributed by atoms with E-state index in [-0.39, 0.29) is 6.10 Å². The van der Waals surface area contributed by atoms with Crippen molar-refractivity contribution in [3.8, 4) is 11.5 Å². The number of methoxy groups -OCH3 is 1. The molecule has 0 radical (unpaired) electrons. The van der Waals surface area contributed by atoms with E-state index in [4.69, 9.17) is 9.47 Å². The molecule has 1 aromatic carbocycles. The monoisotopic (exact) mass is 288 g/mol. The minimum Gasteiger partial charge on any atom is -0.497 e. The summed E-state index contributed by atoms with van der Waals surface area (Å²) in [7, 11) is 3.52. The predicted octanol–water partition coefficient (Wildman–Crippen LogP) is 2.55. The number of ether oxygens (including phenoxy) is 2. The minimum absolute atomic E-state index is 0.178. The number of rotatable bonds is 3. The van der Waals surface area contributed by atoms with E-state index in [0.29, 0.717) is 12.2 Å². The van der Waals surface area contributed by atoms with Gasteiger partial charge in [-0.05, 0) is 18.6 Å². The average molecular weight is 288 g/mol. The first-order valence-electron chi connectivity index (χ1n) is 7.17. The Labute approximate surface area is 124 Å². The van der Waals surface area contributed by atoms with Gasteiger partial charge in [0.2, 0.25) is 0 Å². The van der Waals surface area contributed by atoms with E-state index in [1.54, 1.807) is 11.8 Å². The molecule has 1 N–H and O–H groups in total. The molecule has 2 heterocycles. The van der Waals surface area contributed by atoms with Gasteiger partial charge in [0.25, 0.3) is 0 Å². The highest BCUT2D eigenvalue weighted by Crippen LogP contribution is 2.42. The number of hydrogen-bond acceptors (Lipinski definition) is 4. The Morgan fingerprint density at radius 2 is 2.24 bits per heavy atom. The average Bonchev–Trinajstić information content (AvgIpc) is 2.87. The maximum absolute atomic E-state index is 10.4. The highest BCUT2D eigenvalue weighted by Gasteiger charge is 2.30. The number of aromatic nitrogens is 2. The van der Waals surface area contributed by atoms with E-state index in [0.717, 1.165) is 29.0 Å². The van der Waals surface area contributed by atoms with Crippen LogP contribution in [0.5, 0.6) is 11.5 Å². The lowest BCUT2D eigenvalue weighted by atomic mass is 9.94. The van der Waals surface area contributed by atoms with E-state index in [9.17, 15) is 5.11 Å². The fourth-order valence-electron chi connectivity index (χ4n) is 2.84. The maximum Gasteiger partial charge on any atom is 0.130 e. The van der Waals surface area contributed by atoms with Crippen LogP contribution in [0, 0.1) is 0 Å². The van der Waals surface area contributed by atoms with Crippen molar-refractivity contribution in [3.63, 3.8) is 0 Å². The molecule has 3 rings (SSSR count). The number of aryl methyl sites for hydroxylation is 2. The van der Waals surface area contributed by atoms with E-state index < -0.39 is 6.10 Å². The fraction of sp³-hybridized carbons (Fsp3) is 0.438. The SMILES string of the molecule is CCc1nn(C)cc1C1C[C@H](O)c2ccc(OC)cc2O1. The molecule has 21 heavy (non-hydrogen) atoms. The van der Waals surface area contributed by atoms with E-state index >= 15 is 0 Å². The zero-order valence-corrected chi connectivity index (χ0v) is 12.5. The van der Waals surface area contributed by atoms with Crippen LogP contribution >= 0.6 is 0 Å². The van der Waals surface area contributed by atoms with Crippen LogP contribution < -0.4 is 9.47 Å². The summed E-state index contributed by atoms with van der Waals surface area (Å²) >= 11 is 0. The molecule has 0 saturated carbocycles. The van der Waals surface area contributed by atoms with Crippen LogP contribution in [0.25, 0.3) is 0 Å². The molecule has 0 spiro atoms. The Morgan fingerprint density at radius 1 is 1.43 bits per heavy atom. The standard InChI is InChI=1S/C16H20N2O3/c1-4-13-12(9-18(2)17-13)16-8-14(19)11-6-5-10(20-3)7-15(11)21-16/h5-7,9,14,16,19H,4,8H2,1-3H3/t14-,16?/m0/s1. The molecule has 1 aromatic heterocycles. The molecule has 1 aliphatic rings. The van der Waals surface area contributed by atoms with Gasteiger partial charge >= 0.3 is 0 Å². The second-order valence-electron chi connectivity index (χ2n) is 5.32. The molecule has 0 saturated heterocycles. The summed E-state index contributed by atoms with van der Waals surface area (Å²) in [6.07, 6.45) is 2.65. The Bertz CT molecular complexity index is 651. The van der Waals surface area contributed by atoms with Gasteiger partial charge in [-0.15, -0.1) is 0 Å². The zero-order chi connectivity index (χ0) is 15.0. The van der Waals surface area contributed by atoms with Gasteiger partial charge in [-0.25, -0.2) is 0 Å². The summed E-state index contributed by atoms with van der Waals surface area (Å²) in [6.45, 7) is 2.07. The summed E-state index contributed by atoms with van der Waals surface area (Å²) in [6, 6.07) is 5.53. The van der Waals surface area contributed by atoms with Crippen molar-refractivity contribution in [2.24, 2.45) is 7.05 Å². The van der Waals surface area contributed by atoms with Gasteiger partial charge in [-0.2, -0.15) is 5.10 Å². The van der Waals surface area contributed by atoms with E-state index in [2.05, 4.69) is 12.0 Å². The Balaban J connectivity index is 1.96. The van der Waals surface area contributed by atoms with Crippen molar-refractivity contribution < 1.29 is 14.6 Å². The number of benzene rings is 1. The van der Waals surface area contributed by atoms with Crippen LogP contribution in [0.15, 0.2) is 24.4 Å². The summed E-state index contributed by atoms with van der Waals surface area (Å²) in [4.78, 5) is 0. The fourth-order valence-corrected chi connectivity index (χ4v) is 2.84. The lowest BCUT2D eigenvalue weighted by Crippen LogP contribution is -2.19. The number of fused-ring (bicyclic) bond motifs is 1. The zero-order valence-electron chi connectivity index (χ0n) is 12.5. The molecule has 2 atom stereocenters. The van der Waals surface area contributed by atoms with Gasteiger partial charge in [0.1, 0.15) is 17.6 Å². The van der Waals surface area contributed by atoms with Crippen LogP contribution in [0.2, 0.25) is 0 Å². The van der Waals surface area contributed by atoms with Gasteiger partial charge in [0, 0.05) is 36.9 Å². The molecule has 2 aromatic rings. The van der Waals surface area contributed by atoms with Gasteiger partial charge in [-0.3, -0.25) is 4.68 Å². The van der Waals surface area contributed by atoms with Crippen molar-refractivity contribution in [2.75, 3.05) is 7.11 Å². The largest absolute Gasteiger partial charge is 0.497 e. The van der Waals surface area contributed by atoms with Crippen LogP contribution in [-0.4, -0.2) is 22.0 Å². The smallest absolute Gasteiger partial charge is 0.130 e. The summed E-state index contributed by atoms with van der Waals surface area (Å²) in [5.74, 6) is 1.41. The summed E-state index contributed by atoms with van der Waals surface area (Å²) in [5.41, 5.74) is 2.88. The molecular weight excluding hydrogens is 268 g/mol. The van der Waals surface area contributed by atoms with Gasteiger partial charge in [-0.1, -0.05) is 6.92 Å². The molecule has 5 nitrogen and oxygen atoms in total. The number of aliphatic hydroxyl groups is 1. The Kier molecular flexibility index (Phi) is 3.59. The molecule has 5 heteroatoms. The van der Waals surface area contributed by atoms with Crippen LogP contribution in [0.1, 0.15) is 42.4 Å². The first-order chi connectivity index (χ1) is 10.1. The first-order valence-corrected chi connectivity index (χ1v) is 7.17. The van der Waals surface area contributed by atoms with E-state index in [1.807, 2.05) is 31.4 Å². The molecule has 0 bridgehead atoms. The van der Waals surface area contributed by atoms with Crippen molar-refractivity contribution in [3.05, 3.63) is 41.2 Å². The Hall–Kier alpha value is -2.01. The first kappa shape index (κ1) is 13.9. The second-order valence-corrected chi connectivity index (χ2v) is 5.32. The molecule has 0 amide bonds. The molecule has 0 fully saturated rings. The third kappa shape index (κ3) is 2.49. The lowest BCUT2D eigenvalue weighted by molar-refractivity contribution is 0.0651. The minimum atomic E-state index is -0.533.